The smallest absolute Gasteiger partial charge is 0.345 e. The first-order chi connectivity index (χ1) is 11.1. The van der Waals surface area contributed by atoms with Crippen LogP contribution in [0.4, 0.5) is 0 Å². The molecule has 0 bridgehead atoms. The maximum Gasteiger partial charge on any atom is 0.345 e. The van der Waals surface area contributed by atoms with E-state index in [1.165, 1.54) is 6.07 Å². The predicted molar refractivity (Wildman–Crippen MR) is 86.3 cm³/mol. The van der Waals surface area contributed by atoms with Gasteiger partial charge in [0.2, 0.25) is 0 Å². The summed E-state index contributed by atoms with van der Waals surface area (Å²) in [6, 6.07) is 10.1. The van der Waals surface area contributed by atoms with Gasteiger partial charge in [-0.25, -0.2) is 4.79 Å². The standard InChI is InChI=1S/C16H17NO5S/c1-21-7-8-22-12-4-2-3-11(9-12)15(18)17-10-13-5-6-14(23-13)16(19)20/h2-6,9H,7-8,10H2,1H3,(H,17,18)(H,19,20). The first-order valence-electron chi connectivity index (χ1n) is 6.92. The van der Waals surface area contributed by atoms with Crippen LogP contribution in [0, 0.1) is 0 Å². The minimum Gasteiger partial charge on any atom is -0.491 e. The summed E-state index contributed by atoms with van der Waals surface area (Å²) in [5, 5.41) is 11.6. The van der Waals surface area contributed by atoms with Crippen molar-refractivity contribution in [3.05, 3.63) is 51.7 Å². The van der Waals surface area contributed by atoms with Crippen LogP contribution in [-0.4, -0.2) is 37.3 Å². The van der Waals surface area contributed by atoms with Gasteiger partial charge in [0.1, 0.15) is 17.2 Å². The number of carboxylic acid groups (broad SMARTS) is 1. The zero-order valence-corrected chi connectivity index (χ0v) is 13.4. The van der Waals surface area contributed by atoms with Crippen LogP contribution in [-0.2, 0) is 11.3 Å². The topological polar surface area (TPSA) is 84.9 Å². The Morgan fingerprint density at radius 2 is 2.04 bits per heavy atom. The molecule has 1 aromatic heterocycles. The molecular formula is C16H17NO5S. The highest BCUT2D eigenvalue weighted by molar-refractivity contribution is 7.13. The fourth-order valence-corrected chi connectivity index (χ4v) is 2.61. The van der Waals surface area contributed by atoms with Crippen molar-refractivity contribution in [2.45, 2.75) is 6.54 Å². The molecule has 0 atom stereocenters. The summed E-state index contributed by atoms with van der Waals surface area (Å²) in [5.41, 5.74) is 0.481. The maximum absolute atomic E-state index is 12.1. The SMILES string of the molecule is COCCOc1cccc(C(=O)NCc2ccc(C(=O)O)s2)c1. The van der Waals surface area contributed by atoms with Crippen molar-refractivity contribution in [3.8, 4) is 5.75 Å². The minimum absolute atomic E-state index is 0.243. The second-order valence-corrected chi connectivity index (χ2v) is 5.79. The number of benzene rings is 1. The van der Waals surface area contributed by atoms with Crippen molar-refractivity contribution < 1.29 is 24.2 Å². The summed E-state index contributed by atoms with van der Waals surface area (Å²) in [7, 11) is 1.59. The Kier molecular flexibility index (Phi) is 6.13. The molecule has 0 spiro atoms. The van der Waals surface area contributed by atoms with Gasteiger partial charge in [-0.3, -0.25) is 4.79 Å². The van der Waals surface area contributed by atoms with Crippen molar-refractivity contribution in [1.82, 2.24) is 5.32 Å². The highest BCUT2D eigenvalue weighted by atomic mass is 32.1. The van der Waals surface area contributed by atoms with Crippen LogP contribution in [0.3, 0.4) is 0 Å². The van der Waals surface area contributed by atoms with Crippen LogP contribution in [0.15, 0.2) is 36.4 Å². The number of carbonyl (C=O) groups is 2. The summed E-state index contributed by atoms with van der Waals surface area (Å²) in [6.45, 7) is 1.17. The molecule has 7 heteroatoms. The molecule has 0 fully saturated rings. The highest BCUT2D eigenvalue weighted by Gasteiger charge is 2.10. The Bertz CT molecular complexity index is 683. The number of carboxylic acids is 1. The van der Waals surface area contributed by atoms with E-state index in [1.807, 2.05) is 0 Å². The lowest BCUT2D eigenvalue weighted by Gasteiger charge is -2.08. The number of rotatable bonds is 8. The van der Waals surface area contributed by atoms with Gasteiger partial charge in [-0.15, -0.1) is 11.3 Å². The van der Waals surface area contributed by atoms with Gasteiger partial charge in [0.15, 0.2) is 0 Å². The molecule has 122 valence electrons. The van der Waals surface area contributed by atoms with Gasteiger partial charge in [0.25, 0.3) is 5.91 Å². The molecule has 0 aliphatic rings. The molecule has 0 aliphatic heterocycles. The number of ether oxygens (including phenoxy) is 2. The van der Waals surface area contributed by atoms with Crippen molar-refractivity contribution in [2.24, 2.45) is 0 Å². The Hall–Kier alpha value is -2.38. The summed E-state index contributed by atoms with van der Waals surface area (Å²) in [6.07, 6.45) is 0. The van der Waals surface area contributed by atoms with Crippen molar-refractivity contribution in [1.29, 1.82) is 0 Å². The van der Waals surface area contributed by atoms with E-state index in [0.29, 0.717) is 24.5 Å². The third kappa shape index (κ3) is 5.08. The second kappa shape index (κ2) is 8.30. The molecule has 1 aromatic carbocycles. The molecule has 0 aliphatic carbocycles. The average Bonchev–Trinajstić information content (AvgIpc) is 3.02. The number of hydrogen-bond acceptors (Lipinski definition) is 5. The van der Waals surface area contributed by atoms with Gasteiger partial charge in [-0.05, 0) is 30.3 Å². The summed E-state index contributed by atoms with van der Waals surface area (Å²) >= 11 is 1.14. The Morgan fingerprint density at radius 1 is 1.22 bits per heavy atom. The van der Waals surface area contributed by atoms with Crippen LogP contribution in [0.5, 0.6) is 5.75 Å². The van der Waals surface area contributed by atoms with Gasteiger partial charge in [-0.1, -0.05) is 6.07 Å². The Morgan fingerprint density at radius 3 is 2.74 bits per heavy atom. The van der Waals surface area contributed by atoms with Gasteiger partial charge in [0.05, 0.1) is 13.2 Å². The predicted octanol–water partition coefficient (Wildman–Crippen LogP) is 2.40. The number of amides is 1. The minimum atomic E-state index is -0.964. The zero-order valence-electron chi connectivity index (χ0n) is 12.6. The molecule has 6 nitrogen and oxygen atoms in total. The fourth-order valence-electron chi connectivity index (χ4n) is 1.83. The molecule has 1 amide bonds. The molecule has 0 saturated heterocycles. The Balaban J connectivity index is 1.91. The number of thiophene rings is 1. The fraction of sp³-hybridized carbons (Fsp3) is 0.250. The van der Waals surface area contributed by atoms with E-state index in [4.69, 9.17) is 14.6 Å². The van der Waals surface area contributed by atoms with Gasteiger partial charge in [-0.2, -0.15) is 0 Å². The molecule has 1 heterocycles. The lowest BCUT2D eigenvalue weighted by molar-refractivity contribution is 0.0702. The summed E-state index contributed by atoms with van der Waals surface area (Å²) in [5.74, 6) is -0.611. The number of methoxy groups -OCH3 is 1. The quantitative estimate of drug-likeness (QED) is 0.724. The average molecular weight is 335 g/mol. The number of nitrogens with one attached hydrogen (secondary N) is 1. The normalized spacial score (nSPS) is 10.3. The van der Waals surface area contributed by atoms with Crippen LogP contribution < -0.4 is 10.1 Å². The van der Waals surface area contributed by atoms with Crippen LogP contribution in [0.1, 0.15) is 24.9 Å². The van der Waals surface area contributed by atoms with Crippen molar-refractivity contribution >= 4 is 23.2 Å². The molecule has 0 unspecified atom stereocenters. The Labute approximate surface area is 137 Å². The van der Waals surface area contributed by atoms with Gasteiger partial charge >= 0.3 is 5.97 Å². The summed E-state index contributed by atoms with van der Waals surface area (Å²) < 4.78 is 10.4. The van der Waals surface area contributed by atoms with Crippen LogP contribution in [0.25, 0.3) is 0 Å². The van der Waals surface area contributed by atoms with E-state index in [9.17, 15) is 9.59 Å². The number of hydrogen-bond donors (Lipinski definition) is 2. The molecule has 0 radical (unpaired) electrons. The van der Waals surface area contributed by atoms with Crippen molar-refractivity contribution in [3.63, 3.8) is 0 Å². The van der Waals surface area contributed by atoms with Crippen molar-refractivity contribution in [2.75, 3.05) is 20.3 Å². The lowest BCUT2D eigenvalue weighted by atomic mass is 10.2. The highest BCUT2D eigenvalue weighted by Crippen LogP contribution is 2.17. The second-order valence-electron chi connectivity index (χ2n) is 4.62. The van der Waals surface area contributed by atoms with E-state index < -0.39 is 5.97 Å². The molecule has 0 saturated carbocycles. The first kappa shape index (κ1) is 17.0. The van der Waals surface area contributed by atoms with Crippen LogP contribution >= 0.6 is 11.3 Å². The molecular weight excluding hydrogens is 318 g/mol. The van der Waals surface area contributed by atoms with E-state index >= 15 is 0 Å². The molecule has 23 heavy (non-hydrogen) atoms. The number of aromatic carboxylic acids is 1. The largest absolute Gasteiger partial charge is 0.491 e. The molecule has 2 rings (SSSR count). The van der Waals surface area contributed by atoms with Gasteiger partial charge in [0, 0.05) is 17.6 Å². The zero-order chi connectivity index (χ0) is 16.7. The van der Waals surface area contributed by atoms with E-state index in [-0.39, 0.29) is 17.3 Å². The van der Waals surface area contributed by atoms with Crippen LogP contribution in [0.2, 0.25) is 0 Å². The molecule has 2 N–H and O–H groups in total. The molecule has 2 aromatic rings. The van der Waals surface area contributed by atoms with E-state index in [0.717, 1.165) is 16.2 Å². The number of carbonyl (C=O) groups excluding carboxylic acids is 1. The first-order valence-corrected chi connectivity index (χ1v) is 7.74. The third-order valence-corrected chi connectivity index (χ3v) is 4.02. The van der Waals surface area contributed by atoms with E-state index in [2.05, 4.69) is 5.32 Å². The maximum atomic E-state index is 12.1. The summed E-state index contributed by atoms with van der Waals surface area (Å²) in [4.78, 5) is 24.0. The monoisotopic (exact) mass is 335 g/mol. The van der Waals surface area contributed by atoms with Gasteiger partial charge < -0.3 is 19.9 Å². The van der Waals surface area contributed by atoms with E-state index in [1.54, 1.807) is 37.4 Å². The third-order valence-electron chi connectivity index (χ3n) is 2.95. The lowest BCUT2D eigenvalue weighted by Crippen LogP contribution is -2.22.